The minimum Gasteiger partial charge on any atom is -0.411 e. The standard InChI is InChI=1S/C3H6NO3P/c1-3(4-5)2-7-8-6/h8H,2H2,1H3/p+1. The van der Waals surface area contributed by atoms with Crippen molar-refractivity contribution in [2.24, 2.45) is 5.16 Å². The zero-order valence-corrected chi connectivity index (χ0v) is 5.42. The molecular weight excluding hydrogens is 129 g/mol. The van der Waals surface area contributed by atoms with E-state index < -0.39 is 8.69 Å². The van der Waals surface area contributed by atoms with Gasteiger partial charge in [0.1, 0.15) is 6.61 Å². The van der Waals surface area contributed by atoms with E-state index in [0.717, 1.165) is 0 Å². The molecular formula is C3H7NO3P+. The first-order valence-electron chi connectivity index (χ1n) is 1.97. The minimum atomic E-state index is -0.788. The third-order valence-corrected chi connectivity index (χ3v) is 0.773. The molecule has 0 amide bonds. The van der Waals surface area contributed by atoms with Crippen LogP contribution in [0, 0.1) is 0 Å². The zero-order chi connectivity index (χ0) is 6.41. The van der Waals surface area contributed by atoms with Crippen LogP contribution in [0.3, 0.4) is 0 Å². The molecule has 1 N–H and O–H groups in total. The molecule has 0 aliphatic heterocycles. The molecule has 0 rings (SSSR count). The maximum atomic E-state index is 9.62. The van der Waals surface area contributed by atoms with Crippen molar-refractivity contribution in [1.29, 1.82) is 0 Å². The van der Waals surface area contributed by atoms with Gasteiger partial charge in [0.2, 0.25) is 0 Å². The summed E-state index contributed by atoms with van der Waals surface area (Å²) in [6, 6.07) is 0. The maximum Gasteiger partial charge on any atom is 0.494 e. The lowest BCUT2D eigenvalue weighted by molar-refractivity contribution is 0.310. The Labute approximate surface area is 48.4 Å². The van der Waals surface area contributed by atoms with E-state index in [1.807, 2.05) is 0 Å². The van der Waals surface area contributed by atoms with Gasteiger partial charge >= 0.3 is 8.69 Å². The molecule has 0 saturated carbocycles. The molecule has 1 unspecified atom stereocenters. The predicted octanol–water partition coefficient (Wildman–Crippen LogP) is 0.792. The molecule has 1 atom stereocenters. The van der Waals surface area contributed by atoms with E-state index in [-0.39, 0.29) is 6.61 Å². The van der Waals surface area contributed by atoms with Crippen molar-refractivity contribution < 1.29 is 14.3 Å². The highest BCUT2D eigenvalue weighted by molar-refractivity contribution is 7.17. The highest BCUT2D eigenvalue weighted by Crippen LogP contribution is 1.92. The minimum absolute atomic E-state index is 0.123. The first kappa shape index (κ1) is 7.53. The van der Waals surface area contributed by atoms with Crippen LogP contribution in [0.15, 0.2) is 5.16 Å². The maximum absolute atomic E-state index is 9.62. The summed E-state index contributed by atoms with van der Waals surface area (Å²) < 4.78 is 14.0. The van der Waals surface area contributed by atoms with Crippen molar-refractivity contribution in [3.05, 3.63) is 0 Å². The van der Waals surface area contributed by atoms with Gasteiger partial charge in [-0.25, -0.2) is 0 Å². The SMILES string of the molecule is CC(CO[PH+]=O)=NO. The Bertz CT molecular complexity index is 103. The van der Waals surface area contributed by atoms with Crippen LogP contribution in [0.4, 0.5) is 0 Å². The van der Waals surface area contributed by atoms with E-state index >= 15 is 0 Å². The molecule has 5 heteroatoms. The van der Waals surface area contributed by atoms with Gasteiger partial charge in [-0.3, -0.25) is 0 Å². The summed E-state index contributed by atoms with van der Waals surface area (Å²) in [6.07, 6.45) is 0. The smallest absolute Gasteiger partial charge is 0.411 e. The summed E-state index contributed by atoms with van der Waals surface area (Å²) in [5.74, 6) is 0. The lowest BCUT2D eigenvalue weighted by atomic mass is 10.5. The van der Waals surface area contributed by atoms with Crippen LogP contribution in [-0.2, 0) is 9.09 Å². The van der Waals surface area contributed by atoms with E-state index in [2.05, 4.69) is 9.68 Å². The average Bonchev–Trinajstić information content (AvgIpc) is 1.83. The van der Waals surface area contributed by atoms with Gasteiger partial charge in [-0.2, -0.15) is 0 Å². The van der Waals surface area contributed by atoms with Gasteiger partial charge in [0, 0.05) is 0 Å². The van der Waals surface area contributed by atoms with Crippen LogP contribution in [0.2, 0.25) is 0 Å². The van der Waals surface area contributed by atoms with Gasteiger partial charge < -0.3 is 5.21 Å². The summed E-state index contributed by atoms with van der Waals surface area (Å²) in [5, 5.41) is 10.8. The molecule has 0 saturated heterocycles. The van der Waals surface area contributed by atoms with Crippen molar-refractivity contribution in [2.75, 3.05) is 6.61 Å². The summed E-state index contributed by atoms with van der Waals surface area (Å²) in [5.41, 5.74) is 0.411. The van der Waals surface area contributed by atoms with E-state index in [0.29, 0.717) is 5.71 Å². The lowest BCUT2D eigenvalue weighted by Gasteiger charge is -1.83. The second-order valence-electron chi connectivity index (χ2n) is 1.21. The molecule has 0 aromatic carbocycles. The summed E-state index contributed by atoms with van der Waals surface area (Å²) >= 11 is 0. The molecule has 0 bridgehead atoms. The van der Waals surface area contributed by atoms with Crippen molar-refractivity contribution in [1.82, 2.24) is 0 Å². The number of hydrogen-bond acceptors (Lipinski definition) is 4. The molecule has 0 aromatic heterocycles. The number of oxime groups is 1. The van der Waals surface area contributed by atoms with Gasteiger partial charge in [-0.1, -0.05) is 5.16 Å². The summed E-state index contributed by atoms with van der Waals surface area (Å²) in [6.45, 7) is 1.69. The van der Waals surface area contributed by atoms with Gasteiger partial charge in [-0.15, -0.1) is 4.52 Å². The number of nitrogens with zero attached hydrogens (tertiary/aromatic N) is 1. The van der Waals surface area contributed by atoms with Crippen molar-refractivity contribution in [3.63, 3.8) is 0 Å². The van der Waals surface area contributed by atoms with Crippen LogP contribution >= 0.6 is 8.69 Å². The number of hydrogen-bond donors (Lipinski definition) is 1. The Balaban J connectivity index is 3.24. The molecule has 0 spiro atoms. The van der Waals surface area contributed by atoms with E-state index in [1.165, 1.54) is 0 Å². The molecule has 8 heavy (non-hydrogen) atoms. The first-order valence-corrected chi connectivity index (χ1v) is 2.79. The lowest BCUT2D eigenvalue weighted by Crippen LogP contribution is -1.97. The molecule has 0 fully saturated rings. The molecule has 46 valence electrons. The fourth-order valence-corrected chi connectivity index (χ4v) is 0.431. The quantitative estimate of drug-likeness (QED) is 0.270. The summed E-state index contributed by atoms with van der Waals surface area (Å²) in [7, 11) is -0.788. The average molecular weight is 136 g/mol. The fourth-order valence-electron chi connectivity index (χ4n) is 0.163. The van der Waals surface area contributed by atoms with Gasteiger partial charge in [0.25, 0.3) is 0 Å². The largest absolute Gasteiger partial charge is 0.494 e. The fraction of sp³-hybridized carbons (Fsp3) is 0.667. The summed E-state index contributed by atoms with van der Waals surface area (Å²) in [4.78, 5) is 0. The third kappa shape index (κ3) is 3.71. The Morgan fingerprint density at radius 3 is 3.00 bits per heavy atom. The van der Waals surface area contributed by atoms with Crippen molar-refractivity contribution in [2.45, 2.75) is 6.92 Å². The van der Waals surface area contributed by atoms with Crippen molar-refractivity contribution >= 4 is 14.4 Å². The Morgan fingerprint density at radius 1 is 2.00 bits per heavy atom. The van der Waals surface area contributed by atoms with Crippen LogP contribution in [0.5, 0.6) is 0 Å². The van der Waals surface area contributed by atoms with E-state index in [4.69, 9.17) is 5.21 Å². The second-order valence-corrected chi connectivity index (χ2v) is 1.66. The van der Waals surface area contributed by atoms with Gasteiger partial charge in [0.05, 0.1) is 5.71 Å². The molecule has 0 radical (unpaired) electrons. The Kier molecular flexibility index (Phi) is 4.41. The monoisotopic (exact) mass is 136 g/mol. The Hall–Kier alpha value is -0.470. The number of rotatable bonds is 3. The van der Waals surface area contributed by atoms with E-state index in [1.54, 1.807) is 6.92 Å². The Morgan fingerprint density at radius 2 is 2.62 bits per heavy atom. The van der Waals surface area contributed by atoms with Crippen LogP contribution in [0.25, 0.3) is 0 Å². The molecule has 4 nitrogen and oxygen atoms in total. The zero-order valence-electron chi connectivity index (χ0n) is 4.42. The predicted molar refractivity (Wildman–Crippen MR) is 29.8 cm³/mol. The van der Waals surface area contributed by atoms with Crippen molar-refractivity contribution in [3.8, 4) is 0 Å². The second kappa shape index (κ2) is 4.68. The molecule has 0 heterocycles. The van der Waals surface area contributed by atoms with Crippen LogP contribution < -0.4 is 0 Å². The van der Waals surface area contributed by atoms with Gasteiger partial charge in [-0.05, 0) is 11.5 Å². The molecule has 0 aliphatic rings. The van der Waals surface area contributed by atoms with Gasteiger partial charge in [0.15, 0.2) is 0 Å². The van der Waals surface area contributed by atoms with E-state index in [9.17, 15) is 4.57 Å². The molecule has 0 aromatic rings. The molecule has 0 aliphatic carbocycles. The third-order valence-electron chi connectivity index (χ3n) is 0.511. The highest BCUT2D eigenvalue weighted by atomic mass is 31.1. The normalized spacial score (nSPS) is 12.4. The first-order chi connectivity index (χ1) is 3.81. The van der Waals surface area contributed by atoms with Crippen LogP contribution in [-0.4, -0.2) is 17.5 Å². The highest BCUT2D eigenvalue weighted by Gasteiger charge is 1.94. The topological polar surface area (TPSA) is 58.9 Å². The van der Waals surface area contributed by atoms with Crippen LogP contribution in [0.1, 0.15) is 6.92 Å².